The van der Waals surface area contributed by atoms with Gasteiger partial charge >= 0.3 is 6.03 Å². The quantitative estimate of drug-likeness (QED) is 0.891. The second-order valence-electron chi connectivity index (χ2n) is 5.30. The van der Waals surface area contributed by atoms with Crippen LogP contribution in [0.1, 0.15) is 23.3 Å². The summed E-state index contributed by atoms with van der Waals surface area (Å²) < 4.78 is 5.09. The molecule has 116 valence electrons. The summed E-state index contributed by atoms with van der Waals surface area (Å²) in [7, 11) is 1.58. The minimum Gasteiger partial charge on any atom is -0.481 e. The SMILES string of the molecule is COc1cc(CNC(=O)N(Cc2cccs2)C2CC2)ccn1. The van der Waals surface area contributed by atoms with E-state index in [0.717, 1.165) is 18.4 Å². The van der Waals surface area contributed by atoms with E-state index in [1.165, 1.54) is 4.88 Å². The summed E-state index contributed by atoms with van der Waals surface area (Å²) in [5, 5.41) is 5.04. The molecular weight excluding hydrogens is 298 g/mol. The van der Waals surface area contributed by atoms with Crippen LogP contribution in [0, 0.1) is 0 Å². The van der Waals surface area contributed by atoms with Crippen LogP contribution in [0.3, 0.4) is 0 Å². The highest BCUT2D eigenvalue weighted by Gasteiger charge is 2.32. The summed E-state index contributed by atoms with van der Waals surface area (Å²) in [5.41, 5.74) is 0.979. The Hall–Kier alpha value is -2.08. The van der Waals surface area contributed by atoms with E-state index in [0.29, 0.717) is 25.0 Å². The fourth-order valence-electron chi connectivity index (χ4n) is 2.27. The van der Waals surface area contributed by atoms with Crippen molar-refractivity contribution in [1.82, 2.24) is 15.2 Å². The summed E-state index contributed by atoms with van der Waals surface area (Å²) in [6.45, 7) is 1.17. The van der Waals surface area contributed by atoms with Gasteiger partial charge < -0.3 is 15.0 Å². The van der Waals surface area contributed by atoms with Gasteiger partial charge in [0, 0.05) is 29.7 Å². The molecule has 5 nitrogen and oxygen atoms in total. The first kappa shape index (κ1) is 14.8. The lowest BCUT2D eigenvalue weighted by atomic mass is 10.2. The van der Waals surface area contributed by atoms with Crippen molar-refractivity contribution in [2.45, 2.75) is 32.0 Å². The number of urea groups is 1. The van der Waals surface area contributed by atoms with Crippen molar-refractivity contribution in [2.75, 3.05) is 7.11 Å². The molecule has 1 N–H and O–H groups in total. The molecule has 2 amide bonds. The number of amides is 2. The maximum atomic E-state index is 12.5. The van der Waals surface area contributed by atoms with Crippen molar-refractivity contribution in [3.63, 3.8) is 0 Å². The zero-order chi connectivity index (χ0) is 15.4. The smallest absolute Gasteiger partial charge is 0.318 e. The molecule has 6 heteroatoms. The molecule has 0 radical (unpaired) electrons. The summed E-state index contributed by atoms with van der Waals surface area (Å²) in [6, 6.07) is 8.18. The second-order valence-corrected chi connectivity index (χ2v) is 6.34. The highest BCUT2D eigenvalue weighted by molar-refractivity contribution is 7.09. The van der Waals surface area contributed by atoms with Gasteiger partial charge in [0.1, 0.15) is 0 Å². The Morgan fingerprint density at radius 3 is 3.05 bits per heavy atom. The lowest BCUT2D eigenvalue weighted by Gasteiger charge is -2.22. The molecular formula is C16H19N3O2S. The Labute approximate surface area is 133 Å². The highest BCUT2D eigenvalue weighted by Crippen LogP contribution is 2.29. The number of carbonyl (C=O) groups is 1. The monoisotopic (exact) mass is 317 g/mol. The van der Waals surface area contributed by atoms with Crippen LogP contribution in [-0.2, 0) is 13.1 Å². The fraction of sp³-hybridized carbons (Fsp3) is 0.375. The molecule has 0 bridgehead atoms. The molecule has 1 saturated carbocycles. The third kappa shape index (κ3) is 3.76. The molecule has 0 aliphatic heterocycles. The minimum atomic E-state index is -0.00770. The van der Waals surface area contributed by atoms with Crippen LogP contribution in [-0.4, -0.2) is 29.1 Å². The average molecular weight is 317 g/mol. The number of thiophene rings is 1. The van der Waals surface area contributed by atoms with E-state index < -0.39 is 0 Å². The van der Waals surface area contributed by atoms with E-state index in [1.54, 1.807) is 24.6 Å². The molecule has 3 rings (SSSR count). The lowest BCUT2D eigenvalue weighted by molar-refractivity contribution is 0.192. The molecule has 0 aromatic carbocycles. The van der Waals surface area contributed by atoms with Crippen LogP contribution in [0.4, 0.5) is 4.79 Å². The van der Waals surface area contributed by atoms with Crippen LogP contribution in [0.25, 0.3) is 0 Å². The van der Waals surface area contributed by atoms with Crippen molar-refractivity contribution in [2.24, 2.45) is 0 Å². The summed E-state index contributed by atoms with van der Waals surface area (Å²) in [5.74, 6) is 0.560. The molecule has 1 aliphatic carbocycles. The van der Waals surface area contributed by atoms with Crippen LogP contribution in [0.15, 0.2) is 35.8 Å². The van der Waals surface area contributed by atoms with Crippen LogP contribution < -0.4 is 10.1 Å². The van der Waals surface area contributed by atoms with E-state index in [4.69, 9.17) is 4.74 Å². The van der Waals surface area contributed by atoms with Crippen molar-refractivity contribution < 1.29 is 9.53 Å². The Morgan fingerprint density at radius 1 is 1.50 bits per heavy atom. The van der Waals surface area contributed by atoms with Gasteiger partial charge in [-0.15, -0.1) is 11.3 Å². The number of rotatable bonds is 6. The predicted octanol–water partition coefficient (Wildman–Crippen LogP) is 3.03. The maximum absolute atomic E-state index is 12.5. The van der Waals surface area contributed by atoms with E-state index in [1.807, 2.05) is 28.5 Å². The third-order valence-corrected chi connectivity index (χ3v) is 4.47. The van der Waals surface area contributed by atoms with Crippen LogP contribution in [0.5, 0.6) is 5.88 Å². The Bertz CT molecular complexity index is 626. The largest absolute Gasteiger partial charge is 0.481 e. The van der Waals surface area contributed by atoms with Crippen LogP contribution >= 0.6 is 11.3 Å². The van der Waals surface area contributed by atoms with E-state index in [-0.39, 0.29) is 6.03 Å². The molecule has 22 heavy (non-hydrogen) atoms. The van der Waals surface area contributed by atoms with E-state index >= 15 is 0 Å². The van der Waals surface area contributed by atoms with Crippen molar-refractivity contribution >= 4 is 17.4 Å². The van der Waals surface area contributed by atoms with Gasteiger partial charge in [-0.25, -0.2) is 9.78 Å². The molecule has 1 fully saturated rings. The Balaban J connectivity index is 1.59. The molecule has 2 heterocycles. The zero-order valence-electron chi connectivity index (χ0n) is 12.5. The number of nitrogens with zero attached hydrogens (tertiary/aromatic N) is 2. The van der Waals surface area contributed by atoms with Gasteiger partial charge in [-0.1, -0.05) is 6.07 Å². The van der Waals surface area contributed by atoms with Gasteiger partial charge in [-0.05, 0) is 35.9 Å². The van der Waals surface area contributed by atoms with Crippen molar-refractivity contribution in [1.29, 1.82) is 0 Å². The van der Waals surface area contributed by atoms with Gasteiger partial charge in [0.2, 0.25) is 5.88 Å². The first-order valence-corrected chi connectivity index (χ1v) is 8.20. The standard InChI is InChI=1S/C16H19N3O2S/c1-21-15-9-12(6-7-17-15)10-18-16(20)19(13-4-5-13)11-14-3-2-8-22-14/h2-3,6-9,13H,4-5,10-11H2,1H3,(H,18,20). The summed E-state index contributed by atoms with van der Waals surface area (Å²) in [6.07, 6.45) is 3.88. The van der Waals surface area contributed by atoms with Crippen molar-refractivity contribution in [3.05, 3.63) is 46.3 Å². The molecule has 1 aliphatic rings. The lowest BCUT2D eigenvalue weighted by Crippen LogP contribution is -2.40. The topological polar surface area (TPSA) is 54.5 Å². The fourth-order valence-corrected chi connectivity index (χ4v) is 2.98. The molecule has 0 saturated heterocycles. The third-order valence-electron chi connectivity index (χ3n) is 3.61. The number of methoxy groups -OCH3 is 1. The first-order valence-electron chi connectivity index (χ1n) is 7.32. The Kier molecular flexibility index (Phi) is 4.58. The number of pyridine rings is 1. The number of hydrogen-bond donors (Lipinski definition) is 1. The predicted molar refractivity (Wildman–Crippen MR) is 85.9 cm³/mol. The Morgan fingerprint density at radius 2 is 2.36 bits per heavy atom. The minimum absolute atomic E-state index is 0.00770. The van der Waals surface area contributed by atoms with Gasteiger partial charge in [-0.2, -0.15) is 0 Å². The number of hydrogen-bond acceptors (Lipinski definition) is 4. The zero-order valence-corrected chi connectivity index (χ0v) is 13.3. The number of ether oxygens (including phenoxy) is 1. The van der Waals surface area contributed by atoms with Crippen molar-refractivity contribution in [3.8, 4) is 5.88 Å². The molecule has 0 atom stereocenters. The van der Waals surface area contributed by atoms with E-state index in [9.17, 15) is 4.79 Å². The van der Waals surface area contributed by atoms with E-state index in [2.05, 4.69) is 16.4 Å². The second kappa shape index (κ2) is 6.79. The average Bonchev–Trinajstić information content (AvgIpc) is 3.26. The molecule has 2 aromatic rings. The number of aromatic nitrogens is 1. The summed E-state index contributed by atoms with van der Waals surface area (Å²) in [4.78, 5) is 19.7. The van der Waals surface area contributed by atoms with Gasteiger partial charge in [0.15, 0.2) is 0 Å². The summed E-state index contributed by atoms with van der Waals surface area (Å²) >= 11 is 1.69. The highest BCUT2D eigenvalue weighted by atomic mass is 32.1. The molecule has 0 spiro atoms. The molecule has 0 unspecified atom stereocenters. The number of carbonyl (C=O) groups excluding carboxylic acids is 1. The normalized spacial score (nSPS) is 13.7. The van der Waals surface area contributed by atoms with Gasteiger partial charge in [-0.3, -0.25) is 0 Å². The van der Waals surface area contributed by atoms with Gasteiger partial charge in [0.25, 0.3) is 0 Å². The van der Waals surface area contributed by atoms with Crippen LogP contribution in [0.2, 0.25) is 0 Å². The van der Waals surface area contributed by atoms with Gasteiger partial charge in [0.05, 0.1) is 13.7 Å². The first-order chi connectivity index (χ1) is 10.8. The number of nitrogens with one attached hydrogen (secondary N) is 1. The molecule has 2 aromatic heterocycles. The maximum Gasteiger partial charge on any atom is 0.318 e.